The van der Waals surface area contributed by atoms with Crippen LogP contribution in [0.3, 0.4) is 0 Å². The van der Waals surface area contributed by atoms with Gasteiger partial charge in [0, 0.05) is 21.1 Å². The molecule has 6 heteroatoms. The molecule has 0 aromatic heterocycles. The minimum absolute atomic E-state index is 0.132. The van der Waals surface area contributed by atoms with Gasteiger partial charge in [-0.3, -0.25) is 0 Å². The van der Waals surface area contributed by atoms with Crippen molar-refractivity contribution in [3.8, 4) is 5.75 Å². The van der Waals surface area contributed by atoms with E-state index in [2.05, 4.69) is 0 Å². The second-order valence-electron chi connectivity index (χ2n) is 5.51. The first-order chi connectivity index (χ1) is 8.50. The van der Waals surface area contributed by atoms with Crippen LogP contribution in [0.1, 0.15) is 25.0 Å². The molecule has 1 aromatic carbocycles. The van der Waals surface area contributed by atoms with Crippen molar-refractivity contribution in [2.24, 2.45) is 5.41 Å². The zero-order valence-electron chi connectivity index (χ0n) is 11.5. The SMILES string of the molecule is Cc1cc(OCC(C)(C)CS(=O)(=O)Cl)cc(C)c1Cl. The predicted molar refractivity (Wildman–Crippen MR) is 79.8 cm³/mol. The third-order valence-corrected chi connectivity index (χ3v) is 4.65. The molecule has 3 nitrogen and oxygen atoms in total. The average Bonchev–Trinajstić information content (AvgIpc) is 2.19. The van der Waals surface area contributed by atoms with E-state index in [0.29, 0.717) is 5.75 Å². The first-order valence-electron chi connectivity index (χ1n) is 5.82. The Hall–Kier alpha value is -0.450. The zero-order chi connectivity index (χ0) is 14.8. The molecule has 0 N–H and O–H groups in total. The standard InChI is InChI=1S/C13H18Cl2O3S/c1-9-5-11(6-10(2)12(9)14)18-7-13(3,4)8-19(15,16)17/h5-6H,7-8H2,1-4H3. The first-order valence-corrected chi connectivity index (χ1v) is 8.68. The van der Waals surface area contributed by atoms with Crippen LogP contribution in [0.15, 0.2) is 12.1 Å². The maximum Gasteiger partial charge on any atom is 0.233 e. The van der Waals surface area contributed by atoms with Gasteiger partial charge in [-0.25, -0.2) is 8.42 Å². The molecule has 0 aliphatic heterocycles. The van der Waals surface area contributed by atoms with Gasteiger partial charge in [-0.15, -0.1) is 0 Å². The lowest BCUT2D eigenvalue weighted by atomic mass is 9.98. The van der Waals surface area contributed by atoms with Crippen molar-refractivity contribution in [2.45, 2.75) is 27.7 Å². The highest BCUT2D eigenvalue weighted by molar-refractivity contribution is 8.13. The summed E-state index contributed by atoms with van der Waals surface area (Å²) in [7, 11) is 1.73. The van der Waals surface area contributed by atoms with Crippen LogP contribution in [0.4, 0.5) is 0 Å². The molecule has 0 amide bonds. The van der Waals surface area contributed by atoms with Crippen molar-refractivity contribution in [1.29, 1.82) is 0 Å². The molecule has 1 rings (SSSR count). The third kappa shape index (κ3) is 5.59. The number of aryl methyl sites for hydroxylation is 2. The van der Waals surface area contributed by atoms with Crippen LogP contribution >= 0.6 is 22.3 Å². The quantitative estimate of drug-likeness (QED) is 0.771. The molecule has 0 saturated carbocycles. The summed E-state index contributed by atoms with van der Waals surface area (Å²) in [5.74, 6) is 0.548. The van der Waals surface area contributed by atoms with Gasteiger partial charge in [-0.05, 0) is 37.1 Å². The highest BCUT2D eigenvalue weighted by Crippen LogP contribution is 2.28. The van der Waals surface area contributed by atoms with E-state index >= 15 is 0 Å². The molecule has 1 aromatic rings. The number of rotatable bonds is 5. The summed E-state index contributed by atoms with van der Waals surface area (Å²) >= 11 is 6.07. The van der Waals surface area contributed by atoms with E-state index in [4.69, 9.17) is 27.0 Å². The largest absolute Gasteiger partial charge is 0.493 e. The van der Waals surface area contributed by atoms with E-state index in [9.17, 15) is 8.42 Å². The molecule has 19 heavy (non-hydrogen) atoms. The number of ether oxygens (including phenoxy) is 1. The van der Waals surface area contributed by atoms with Crippen LogP contribution in [-0.4, -0.2) is 20.8 Å². The molecule has 0 aliphatic carbocycles. The normalized spacial score (nSPS) is 12.5. The smallest absolute Gasteiger partial charge is 0.233 e. The summed E-state index contributed by atoms with van der Waals surface area (Å²) in [6.45, 7) is 7.65. The maximum absolute atomic E-state index is 11.1. The Morgan fingerprint density at radius 1 is 1.21 bits per heavy atom. The first kappa shape index (κ1) is 16.6. The van der Waals surface area contributed by atoms with Crippen LogP contribution < -0.4 is 4.74 Å². The summed E-state index contributed by atoms with van der Waals surface area (Å²) in [5.41, 5.74) is 1.31. The van der Waals surface area contributed by atoms with E-state index in [-0.39, 0.29) is 12.4 Å². The molecular weight excluding hydrogens is 307 g/mol. The van der Waals surface area contributed by atoms with Crippen LogP contribution in [0.5, 0.6) is 5.75 Å². The van der Waals surface area contributed by atoms with Crippen molar-refractivity contribution in [1.82, 2.24) is 0 Å². The molecule has 108 valence electrons. The van der Waals surface area contributed by atoms with Crippen LogP contribution in [-0.2, 0) is 9.05 Å². The van der Waals surface area contributed by atoms with E-state index in [0.717, 1.165) is 16.1 Å². The number of hydrogen-bond donors (Lipinski definition) is 0. The molecule has 0 fully saturated rings. The fourth-order valence-electron chi connectivity index (χ4n) is 1.78. The van der Waals surface area contributed by atoms with Crippen LogP contribution in [0.2, 0.25) is 5.02 Å². The monoisotopic (exact) mass is 324 g/mol. The van der Waals surface area contributed by atoms with E-state index < -0.39 is 14.5 Å². The minimum Gasteiger partial charge on any atom is -0.493 e. The Kier molecular flexibility index (Phi) is 5.15. The Morgan fingerprint density at radius 2 is 1.68 bits per heavy atom. The molecular formula is C13H18Cl2O3S. The van der Waals surface area contributed by atoms with Crippen molar-refractivity contribution in [3.63, 3.8) is 0 Å². The van der Waals surface area contributed by atoms with Gasteiger partial charge in [0.25, 0.3) is 0 Å². The molecule has 0 bridgehead atoms. The van der Waals surface area contributed by atoms with Crippen molar-refractivity contribution < 1.29 is 13.2 Å². The summed E-state index contributed by atoms with van der Waals surface area (Å²) in [6.07, 6.45) is 0. The summed E-state index contributed by atoms with van der Waals surface area (Å²) in [5, 5.41) is 0.718. The fourth-order valence-corrected chi connectivity index (χ4v) is 3.79. The molecule has 0 saturated heterocycles. The summed E-state index contributed by atoms with van der Waals surface area (Å²) in [4.78, 5) is 0. The van der Waals surface area contributed by atoms with E-state index in [1.54, 1.807) is 13.8 Å². The van der Waals surface area contributed by atoms with Crippen LogP contribution in [0.25, 0.3) is 0 Å². The lowest BCUT2D eigenvalue weighted by Gasteiger charge is -2.23. The van der Waals surface area contributed by atoms with Crippen molar-refractivity contribution in [2.75, 3.05) is 12.4 Å². The molecule has 0 aliphatic rings. The lowest BCUT2D eigenvalue weighted by Crippen LogP contribution is -2.28. The topological polar surface area (TPSA) is 43.4 Å². The zero-order valence-corrected chi connectivity index (χ0v) is 13.8. The van der Waals surface area contributed by atoms with Gasteiger partial charge < -0.3 is 4.74 Å². The number of benzene rings is 1. The van der Waals surface area contributed by atoms with Gasteiger partial charge >= 0.3 is 0 Å². The number of hydrogen-bond acceptors (Lipinski definition) is 3. The average molecular weight is 325 g/mol. The molecule has 0 radical (unpaired) electrons. The Bertz CT molecular complexity index is 542. The van der Waals surface area contributed by atoms with Gasteiger partial charge in [0.15, 0.2) is 0 Å². The molecule has 0 unspecified atom stereocenters. The van der Waals surface area contributed by atoms with E-state index in [1.807, 2.05) is 26.0 Å². The predicted octanol–water partition coefficient (Wildman–Crippen LogP) is 3.93. The van der Waals surface area contributed by atoms with E-state index in [1.165, 1.54) is 0 Å². The van der Waals surface area contributed by atoms with Gasteiger partial charge in [0.2, 0.25) is 9.05 Å². The molecule has 0 heterocycles. The highest BCUT2D eigenvalue weighted by Gasteiger charge is 2.26. The lowest BCUT2D eigenvalue weighted by molar-refractivity contribution is 0.200. The Morgan fingerprint density at radius 3 is 2.11 bits per heavy atom. The Labute approximate surface area is 124 Å². The fraction of sp³-hybridized carbons (Fsp3) is 0.538. The van der Waals surface area contributed by atoms with Gasteiger partial charge in [0.05, 0.1) is 12.4 Å². The minimum atomic E-state index is -3.54. The van der Waals surface area contributed by atoms with Crippen molar-refractivity contribution in [3.05, 3.63) is 28.3 Å². The maximum atomic E-state index is 11.1. The van der Waals surface area contributed by atoms with Gasteiger partial charge in [-0.1, -0.05) is 25.4 Å². The molecule has 0 spiro atoms. The molecule has 0 atom stereocenters. The highest BCUT2D eigenvalue weighted by atomic mass is 35.7. The second kappa shape index (κ2) is 5.90. The number of halogens is 2. The summed E-state index contributed by atoms with van der Waals surface area (Å²) < 4.78 is 27.9. The summed E-state index contributed by atoms with van der Waals surface area (Å²) in [6, 6.07) is 3.67. The van der Waals surface area contributed by atoms with Gasteiger partial charge in [0.1, 0.15) is 5.75 Å². The Balaban J connectivity index is 2.77. The van der Waals surface area contributed by atoms with Crippen LogP contribution in [0, 0.1) is 19.3 Å². The second-order valence-corrected chi connectivity index (χ2v) is 8.66. The van der Waals surface area contributed by atoms with Gasteiger partial charge in [-0.2, -0.15) is 0 Å². The van der Waals surface area contributed by atoms with Crippen molar-refractivity contribution >= 4 is 31.3 Å². The third-order valence-electron chi connectivity index (χ3n) is 2.60.